The number of halogens is 1. The molecule has 2 heterocycles. The maximum atomic E-state index is 14.7. The zero-order valence-electron chi connectivity index (χ0n) is 15.7. The van der Waals surface area contributed by atoms with E-state index in [0.29, 0.717) is 18.0 Å². The third-order valence-electron chi connectivity index (χ3n) is 4.64. The van der Waals surface area contributed by atoms with Crippen LogP contribution in [-0.4, -0.2) is 37.6 Å². The highest BCUT2D eigenvalue weighted by atomic mass is 19.1. The molecule has 0 saturated carbocycles. The van der Waals surface area contributed by atoms with Gasteiger partial charge in [0.1, 0.15) is 0 Å². The first-order valence-electron chi connectivity index (χ1n) is 9.08. The van der Waals surface area contributed by atoms with Gasteiger partial charge in [-0.15, -0.1) is 0 Å². The number of anilines is 1. The molecule has 2 N–H and O–H groups in total. The third-order valence-corrected chi connectivity index (χ3v) is 4.64. The van der Waals surface area contributed by atoms with E-state index in [-0.39, 0.29) is 24.3 Å². The number of carbonyl (C=O) groups is 1. The number of amides is 1. The standard InChI is InChI=1S/C20H25FN4O2/c1-25(13-14-7-4-3-5-8-14)18-16(21)11-15(20(24-18)27-2)12-23-19(26)17-9-6-10-22-17/h3-5,7-8,11,17,22H,6,9-10,12-13H2,1-2H3,(H,23,26). The van der Waals surface area contributed by atoms with E-state index in [0.717, 1.165) is 24.9 Å². The molecule has 1 aromatic heterocycles. The van der Waals surface area contributed by atoms with Crippen LogP contribution in [0.25, 0.3) is 0 Å². The second-order valence-corrected chi connectivity index (χ2v) is 6.67. The second kappa shape index (κ2) is 8.81. The monoisotopic (exact) mass is 372 g/mol. The van der Waals surface area contributed by atoms with Crippen LogP contribution in [0.1, 0.15) is 24.0 Å². The van der Waals surface area contributed by atoms with E-state index in [1.54, 1.807) is 11.9 Å². The summed E-state index contributed by atoms with van der Waals surface area (Å²) in [6.45, 7) is 1.55. The summed E-state index contributed by atoms with van der Waals surface area (Å²) in [5, 5.41) is 5.97. The van der Waals surface area contributed by atoms with Gasteiger partial charge in [0.25, 0.3) is 0 Å². The lowest BCUT2D eigenvalue weighted by molar-refractivity contribution is -0.122. The topological polar surface area (TPSA) is 66.5 Å². The van der Waals surface area contributed by atoms with Crippen molar-refractivity contribution in [2.45, 2.75) is 32.0 Å². The van der Waals surface area contributed by atoms with Crippen LogP contribution < -0.4 is 20.3 Å². The molecule has 0 bridgehead atoms. The van der Waals surface area contributed by atoms with Crippen LogP contribution in [0.3, 0.4) is 0 Å². The molecule has 7 heteroatoms. The molecular weight excluding hydrogens is 347 g/mol. The molecule has 1 aliphatic rings. The van der Waals surface area contributed by atoms with Gasteiger partial charge in [0, 0.05) is 25.7 Å². The van der Waals surface area contributed by atoms with Crippen molar-refractivity contribution < 1.29 is 13.9 Å². The molecule has 27 heavy (non-hydrogen) atoms. The number of ether oxygens (including phenoxy) is 1. The number of hydrogen-bond donors (Lipinski definition) is 2. The third kappa shape index (κ3) is 4.74. The van der Waals surface area contributed by atoms with E-state index in [1.807, 2.05) is 30.3 Å². The molecular formula is C20H25FN4O2. The normalized spacial score (nSPS) is 16.2. The summed E-state index contributed by atoms with van der Waals surface area (Å²) in [5.74, 6) is -0.00747. The Kier molecular flexibility index (Phi) is 6.24. The van der Waals surface area contributed by atoms with Crippen molar-refractivity contribution in [3.05, 3.63) is 53.3 Å². The van der Waals surface area contributed by atoms with Crippen molar-refractivity contribution in [1.29, 1.82) is 0 Å². The van der Waals surface area contributed by atoms with Gasteiger partial charge >= 0.3 is 0 Å². The van der Waals surface area contributed by atoms with Crippen LogP contribution in [0.15, 0.2) is 36.4 Å². The number of nitrogens with zero attached hydrogens (tertiary/aromatic N) is 2. The number of methoxy groups -OCH3 is 1. The van der Waals surface area contributed by atoms with Crippen molar-refractivity contribution in [3.8, 4) is 5.88 Å². The Hall–Kier alpha value is -2.67. The molecule has 1 amide bonds. The van der Waals surface area contributed by atoms with Crippen molar-refractivity contribution in [1.82, 2.24) is 15.6 Å². The van der Waals surface area contributed by atoms with Crippen molar-refractivity contribution in [2.24, 2.45) is 0 Å². The summed E-state index contributed by atoms with van der Waals surface area (Å²) >= 11 is 0. The van der Waals surface area contributed by atoms with Gasteiger partial charge in [-0.1, -0.05) is 30.3 Å². The average molecular weight is 372 g/mol. The molecule has 2 aromatic rings. The summed E-state index contributed by atoms with van der Waals surface area (Å²) in [6, 6.07) is 11.0. The van der Waals surface area contributed by atoms with Gasteiger partial charge in [-0.25, -0.2) is 4.39 Å². The second-order valence-electron chi connectivity index (χ2n) is 6.67. The average Bonchev–Trinajstić information content (AvgIpc) is 3.21. The molecule has 0 aliphatic carbocycles. The first-order chi connectivity index (χ1) is 13.1. The van der Waals surface area contributed by atoms with Gasteiger partial charge < -0.3 is 20.3 Å². The smallest absolute Gasteiger partial charge is 0.237 e. The first kappa shape index (κ1) is 19.1. The molecule has 1 aromatic carbocycles. The number of nitrogens with one attached hydrogen (secondary N) is 2. The van der Waals surface area contributed by atoms with Crippen LogP contribution in [0.4, 0.5) is 10.2 Å². The highest BCUT2D eigenvalue weighted by Gasteiger charge is 2.22. The fourth-order valence-corrected chi connectivity index (χ4v) is 3.22. The molecule has 6 nitrogen and oxygen atoms in total. The Bertz CT molecular complexity index is 779. The summed E-state index contributed by atoms with van der Waals surface area (Å²) in [4.78, 5) is 18.2. The molecule has 1 aliphatic heterocycles. The lowest BCUT2D eigenvalue weighted by Gasteiger charge is -2.21. The predicted molar refractivity (Wildman–Crippen MR) is 102 cm³/mol. The number of rotatable bonds is 7. The highest BCUT2D eigenvalue weighted by Crippen LogP contribution is 2.25. The Labute approximate surface area is 158 Å². The van der Waals surface area contributed by atoms with E-state index < -0.39 is 5.82 Å². The van der Waals surface area contributed by atoms with Crippen LogP contribution in [0.2, 0.25) is 0 Å². The molecule has 3 rings (SSSR count). The maximum absolute atomic E-state index is 14.7. The van der Waals surface area contributed by atoms with Crippen molar-refractivity contribution >= 4 is 11.7 Å². The van der Waals surface area contributed by atoms with Crippen molar-refractivity contribution in [2.75, 3.05) is 25.6 Å². The SMILES string of the molecule is COc1nc(N(C)Cc2ccccc2)c(F)cc1CNC(=O)C1CCCN1. The van der Waals surface area contributed by atoms with E-state index in [9.17, 15) is 9.18 Å². The Balaban J connectivity index is 1.71. The maximum Gasteiger partial charge on any atom is 0.237 e. The number of aromatic nitrogens is 1. The van der Waals surface area contributed by atoms with Crippen LogP contribution in [-0.2, 0) is 17.9 Å². The van der Waals surface area contributed by atoms with Gasteiger partial charge in [0.05, 0.1) is 13.2 Å². The fraction of sp³-hybridized carbons (Fsp3) is 0.400. The number of carbonyl (C=O) groups excluding carboxylic acids is 1. The number of pyridine rings is 1. The van der Waals surface area contributed by atoms with E-state index in [2.05, 4.69) is 15.6 Å². The highest BCUT2D eigenvalue weighted by molar-refractivity contribution is 5.82. The first-order valence-corrected chi connectivity index (χ1v) is 9.08. The van der Waals surface area contributed by atoms with E-state index in [4.69, 9.17) is 4.74 Å². The molecule has 0 spiro atoms. The minimum absolute atomic E-state index is 0.0831. The Morgan fingerprint density at radius 2 is 2.19 bits per heavy atom. The molecule has 1 saturated heterocycles. The minimum atomic E-state index is -0.447. The fourth-order valence-electron chi connectivity index (χ4n) is 3.22. The Morgan fingerprint density at radius 1 is 1.41 bits per heavy atom. The predicted octanol–water partition coefficient (Wildman–Crippen LogP) is 2.23. The number of benzene rings is 1. The molecule has 0 radical (unpaired) electrons. The molecule has 144 valence electrons. The number of hydrogen-bond acceptors (Lipinski definition) is 5. The van der Waals surface area contributed by atoms with Gasteiger partial charge in [-0.3, -0.25) is 4.79 Å². The van der Waals surface area contributed by atoms with Gasteiger partial charge in [-0.05, 0) is 31.0 Å². The van der Waals surface area contributed by atoms with Gasteiger partial charge in [0.2, 0.25) is 11.8 Å². The molecule has 1 atom stereocenters. The van der Waals surface area contributed by atoms with Crippen LogP contribution in [0.5, 0.6) is 5.88 Å². The largest absolute Gasteiger partial charge is 0.481 e. The zero-order valence-corrected chi connectivity index (χ0v) is 15.7. The Morgan fingerprint density at radius 3 is 2.85 bits per heavy atom. The molecule has 1 fully saturated rings. The quantitative estimate of drug-likeness (QED) is 0.780. The van der Waals surface area contributed by atoms with Crippen LogP contribution >= 0.6 is 0 Å². The minimum Gasteiger partial charge on any atom is -0.481 e. The van der Waals surface area contributed by atoms with Crippen molar-refractivity contribution in [3.63, 3.8) is 0 Å². The summed E-state index contributed by atoms with van der Waals surface area (Å²) in [7, 11) is 3.27. The van der Waals surface area contributed by atoms with E-state index in [1.165, 1.54) is 13.2 Å². The summed E-state index contributed by atoms with van der Waals surface area (Å²) in [6.07, 6.45) is 1.80. The van der Waals surface area contributed by atoms with Gasteiger partial charge in [0.15, 0.2) is 11.6 Å². The van der Waals surface area contributed by atoms with Crippen LogP contribution in [0, 0.1) is 5.82 Å². The molecule has 1 unspecified atom stereocenters. The lowest BCUT2D eigenvalue weighted by atomic mass is 10.2. The zero-order chi connectivity index (χ0) is 19.2. The van der Waals surface area contributed by atoms with Gasteiger partial charge in [-0.2, -0.15) is 4.98 Å². The summed E-state index contributed by atoms with van der Waals surface area (Å²) < 4.78 is 20.0. The van der Waals surface area contributed by atoms with E-state index >= 15 is 0 Å². The lowest BCUT2D eigenvalue weighted by Crippen LogP contribution is -2.40. The summed E-state index contributed by atoms with van der Waals surface area (Å²) in [5.41, 5.74) is 1.57.